The summed E-state index contributed by atoms with van der Waals surface area (Å²) in [5.41, 5.74) is 4.57. The predicted octanol–water partition coefficient (Wildman–Crippen LogP) is 4.59. The van der Waals surface area contributed by atoms with Gasteiger partial charge in [0, 0.05) is 24.9 Å². The minimum atomic E-state index is -0.993. The summed E-state index contributed by atoms with van der Waals surface area (Å²) >= 11 is 1.58. The number of likely N-dealkylation sites (tertiary alicyclic amines) is 1. The number of fused-ring (bicyclic) bond motifs is 1. The van der Waals surface area contributed by atoms with Crippen molar-refractivity contribution in [1.82, 2.24) is 25.8 Å². The topological polar surface area (TPSA) is 146 Å². The number of ether oxygens (including phenoxy) is 1. The number of furan rings is 1. The molecule has 2 unspecified atom stereocenters. The number of aromatic nitrogens is 1. The van der Waals surface area contributed by atoms with Gasteiger partial charge in [-0.15, -0.1) is 11.3 Å². The number of carbonyl (C=O) groups is 3. The first kappa shape index (κ1) is 33.6. The molecule has 0 radical (unpaired) electrons. The zero-order valence-corrected chi connectivity index (χ0v) is 28.7. The number of amides is 3. The van der Waals surface area contributed by atoms with Gasteiger partial charge in [0.15, 0.2) is 5.76 Å². The fraction of sp³-hybridized carbons (Fsp3) is 0.444. The molecule has 0 bridgehead atoms. The molecule has 254 valence electrons. The van der Waals surface area contributed by atoms with Gasteiger partial charge in [-0.25, -0.2) is 4.98 Å². The Labute approximate surface area is 284 Å². The third kappa shape index (κ3) is 7.25. The molecular weight excluding hydrogens is 630 g/mol. The molecule has 2 aliphatic heterocycles. The number of nitrogens with zero attached hydrogens (tertiary/aromatic N) is 2. The average molecular weight is 674 g/mol. The lowest BCUT2D eigenvalue weighted by Crippen LogP contribution is -2.57. The molecule has 4 aromatic rings. The Morgan fingerprint density at radius 3 is 2.56 bits per heavy atom. The summed E-state index contributed by atoms with van der Waals surface area (Å²) in [6, 6.07) is 12.8. The lowest BCUT2D eigenvalue weighted by Gasteiger charge is -2.35. The van der Waals surface area contributed by atoms with Crippen molar-refractivity contribution in [3.63, 3.8) is 0 Å². The second-order valence-corrected chi connectivity index (χ2v) is 14.7. The number of thiazole rings is 1. The molecule has 0 saturated carbocycles. The van der Waals surface area contributed by atoms with Crippen LogP contribution in [0.4, 0.5) is 0 Å². The first-order chi connectivity index (χ1) is 22.9. The Bertz CT molecular complexity index is 1790. The van der Waals surface area contributed by atoms with Gasteiger partial charge in [-0.2, -0.15) is 0 Å². The minimum Gasteiger partial charge on any atom is -0.489 e. The van der Waals surface area contributed by atoms with Gasteiger partial charge in [0.1, 0.15) is 29.5 Å². The number of hydrogen-bond acceptors (Lipinski definition) is 9. The van der Waals surface area contributed by atoms with Crippen LogP contribution in [-0.4, -0.2) is 76.6 Å². The summed E-state index contributed by atoms with van der Waals surface area (Å²) in [5.74, 6) is -0.596. The molecule has 11 nitrogen and oxygen atoms in total. The van der Waals surface area contributed by atoms with Crippen LogP contribution in [0.5, 0.6) is 5.75 Å². The van der Waals surface area contributed by atoms with Crippen LogP contribution in [0.25, 0.3) is 21.4 Å². The van der Waals surface area contributed by atoms with Crippen LogP contribution in [-0.2, 0) is 9.59 Å². The monoisotopic (exact) mass is 673 g/mol. The molecule has 4 N–H and O–H groups in total. The zero-order chi connectivity index (χ0) is 34.2. The van der Waals surface area contributed by atoms with Gasteiger partial charge in [-0.3, -0.25) is 14.4 Å². The van der Waals surface area contributed by atoms with E-state index in [9.17, 15) is 19.5 Å². The van der Waals surface area contributed by atoms with Gasteiger partial charge >= 0.3 is 0 Å². The summed E-state index contributed by atoms with van der Waals surface area (Å²) in [7, 11) is 0. The maximum absolute atomic E-state index is 14.1. The largest absolute Gasteiger partial charge is 0.489 e. The van der Waals surface area contributed by atoms with Crippen molar-refractivity contribution in [3.8, 4) is 16.2 Å². The number of nitrogens with one attached hydrogen (secondary N) is 3. The third-order valence-corrected chi connectivity index (χ3v) is 10.0. The molecule has 2 aromatic carbocycles. The number of β-amino-alcohol motifs (C(OH)–C–C–N with tert-alkyl or cyclic N) is 1. The van der Waals surface area contributed by atoms with Gasteiger partial charge in [0.2, 0.25) is 11.8 Å². The Balaban J connectivity index is 1.14. The van der Waals surface area contributed by atoms with Crippen LogP contribution in [0.3, 0.4) is 0 Å². The normalized spacial score (nSPS) is 20.9. The molecule has 12 heteroatoms. The molecule has 48 heavy (non-hydrogen) atoms. The molecule has 0 aliphatic carbocycles. The molecule has 6 rings (SSSR count). The molecule has 2 saturated heterocycles. The Hall–Kier alpha value is -4.26. The molecule has 2 fully saturated rings. The van der Waals surface area contributed by atoms with E-state index in [1.54, 1.807) is 23.5 Å². The van der Waals surface area contributed by atoms with Crippen molar-refractivity contribution in [2.75, 3.05) is 19.6 Å². The highest BCUT2D eigenvalue weighted by atomic mass is 32.1. The van der Waals surface area contributed by atoms with Gasteiger partial charge in [0.25, 0.3) is 5.91 Å². The van der Waals surface area contributed by atoms with E-state index in [4.69, 9.17) is 9.15 Å². The highest BCUT2D eigenvalue weighted by Crippen LogP contribution is 2.31. The van der Waals surface area contributed by atoms with Crippen LogP contribution in [0.2, 0.25) is 0 Å². The van der Waals surface area contributed by atoms with E-state index in [1.165, 1.54) is 4.90 Å². The standard InChI is InChI=1S/C36H43N5O6S/c1-20(22-6-8-23(9-7-22)31-21(2)38-19-48-31)39-33(43)28-16-25(42)18-41(28)35(45)32(36(3,4)5)40-34(44)30-15-24-14-26(10-11-29(24)47-30)46-27-12-13-37-17-27/h6-11,14-15,19-20,25,27-28,32,37,42H,12-13,16-18H2,1-5H3,(H,39,43)(H,40,44)/t20-,25+,27?,28-,32?/m0/s1. The minimum absolute atomic E-state index is 0.0133. The van der Waals surface area contributed by atoms with Gasteiger partial charge in [-0.05, 0) is 67.6 Å². The van der Waals surface area contributed by atoms with Crippen LogP contribution >= 0.6 is 11.3 Å². The van der Waals surface area contributed by atoms with Gasteiger partial charge < -0.3 is 35.1 Å². The summed E-state index contributed by atoms with van der Waals surface area (Å²) in [5, 5.41) is 20.5. The lowest BCUT2D eigenvalue weighted by molar-refractivity contribution is -0.142. The number of aliphatic hydroxyl groups excluding tert-OH is 1. The number of aliphatic hydroxyl groups is 1. The fourth-order valence-electron chi connectivity index (χ4n) is 6.35. The first-order valence-electron chi connectivity index (χ1n) is 16.4. The first-order valence-corrected chi connectivity index (χ1v) is 17.3. The van der Waals surface area contributed by atoms with E-state index < -0.39 is 35.4 Å². The quantitative estimate of drug-likeness (QED) is 0.202. The molecule has 3 amide bonds. The molecular formula is C36H43N5O6S. The van der Waals surface area contributed by atoms with E-state index in [-0.39, 0.29) is 36.8 Å². The molecule has 2 aromatic heterocycles. The van der Waals surface area contributed by atoms with Crippen molar-refractivity contribution >= 4 is 40.0 Å². The molecule has 2 aliphatic rings. The maximum atomic E-state index is 14.1. The Morgan fingerprint density at radius 2 is 1.90 bits per heavy atom. The Morgan fingerprint density at radius 1 is 1.12 bits per heavy atom. The summed E-state index contributed by atoms with van der Waals surface area (Å²) in [6.07, 6.45) is 0.255. The second kappa shape index (κ2) is 13.7. The highest BCUT2D eigenvalue weighted by molar-refractivity contribution is 7.13. The predicted molar refractivity (Wildman–Crippen MR) is 184 cm³/mol. The van der Waals surface area contributed by atoms with Gasteiger partial charge in [-0.1, -0.05) is 45.0 Å². The fourth-order valence-corrected chi connectivity index (χ4v) is 7.16. The lowest BCUT2D eigenvalue weighted by atomic mass is 9.85. The third-order valence-electron chi connectivity index (χ3n) is 9.06. The smallest absolute Gasteiger partial charge is 0.287 e. The number of carbonyl (C=O) groups excluding carboxylic acids is 3. The van der Waals surface area contributed by atoms with Crippen molar-refractivity contribution in [3.05, 3.63) is 71.1 Å². The van der Waals surface area contributed by atoms with Crippen molar-refractivity contribution in [1.29, 1.82) is 0 Å². The van der Waals surface area contributed by atoms with Crippen LogP contribution in [0.15, 0.2) is 58.5 Å². The summed E-state index contributed by atoms with van der Waals surface area (Å²) in [6.45, 7) is 11.1. The van der Waals surface area contributed by atoms with E-state index in [2.05, 4.69) is 20.9 Å². The van der Waals surface area contributed by atoms with Gasteiger partial charge in [0.05, 0.1) is 28.2 Å². The van der Waals surface area contributed by atoms with Crippen molar-refractivity contribution in [2.45, 2.75) is 77.8 Å². The van der Waals surface area contributed by atoms with E-state index >= 15 is 0 Å². The van der Waals surface area contributed by atoms with Crippen LogP contribution < -0.4 is 20.7 Å². The molecule has 4 heterocycles. The second-order valence-electron chi connectivity index (χ2n) is 13.8. The van der Waals surface area contributed by atoms with Crippen LogP contribution in [0, 0.1) is 12.3 Å². The number of hydrogen-bond donors (Lipinski definition) is 4. The maximum Gasteiger partial charge on any atom is 0.287 e. The highest BCUT2D eigenvalue weighted by Gasteiger charge is 2.45. The number of benzene rings is 2. The Kier molecular flexibility index (Phi) is 9.60. The van der Waals surface area contributed by atoms with Crippen LogP contribution in [0.1, 0.15) is 68.4 Å². The van der Waals surface area contributed by atoms with E-state index in [0.29, 0.717) is 16.7 Å². The SMILES string of the molecule is Cc1ncsc1-c1ccc([C@H](C)NC(=O)[C@@H]2C[C@@H](O)CN2C(=O)C(NC(=O)c2cc3cc(OC4CCNC4)ccc3o2)C(C)(C)C)cc1. The molecule has 5 atom stereocenters. The zero-order valence-electron chi connectivity index (χ0n) is 27.9. The summed E-state index contributed by atoms with van der Waals surface area (Å²) < 4.78 is 11.9. The van der Waals surface area contributed by atoms with Crippen molar-refractivity contribution < 1.29 is 28.6 Å². The number of rotatable bonds is 9. The summed E-state index contributed by atoms with van der Waals surface area (Å²) in [4.78, 5) is 48.0. The van der Waals surface area contributed by atoms with Crippen molar-refractivity contribution in [2.24, 2.45) is 5.41 Å². The average Bonchev–Trinajstić information content (AvgIpc) is 3.86. The number of aryl methyl sites for hydroxylation is 1. The van der Waals surface area contributed by atoms with E-state index in [1.807, 2.05) is 76.5 Å². The van der Waals surface area contributed by atoms with E-state index in [0.717, 1.165) is 41.2 Å². The molecule has 0 spiro atoms.